The maximum atomic E-state index is 5.39. The van der Waals surface area contributed by atoms with Gasteiger partial charge in [0.25, 0.3) is 0 Å². The number of pyridine rings is 1. The number of anilines is 3. The van der Waals surface area contributed by atoms with Crippen molar-refractivity contribution in [3.8, 4) is 39.2 Å². The smallest absolute Gasteiger partial charge is 0.0788 e. The monoisotopic (exact) mass is 739 g/mol. The largest absolute Gasteiger partial charge is 0.310 e. The molecule has 3 heteroatoms. The summed E-state index contributed by atoms with van der Waals surface area (Å²) in [6.07, 6.45) is 0. The number of aromatic nitrogens is 2. The Balaban J connectivity index is 1.10. The summed E-state index contributed by atoms with van der Waals surface area (Å²) in [5.74, 6) is 0. The molecule has 0 bridgehead atoms. The Hall–Kier alpha value is -7.75. The maximum Gasteiger partial charge on any atom is 0.0788 e. The van der Waals surface area contributed by atoms with Crippen LogP contribution in [0.15, 0.2) is 224 Å². The lowest BCUT2D eigenvalue weighted by molar-refractivity contribution is 1.18. The molecule has 0 aliphatic heterocycles. The zero-order valence-electron chi connectivity index (χ0n) is 31.7. The second kappa shape index (κ2) is 14.1. The van der Waals surface area contributed by atoms with Crippen LogP contribution in [0.25, 0.3) is 82.7 Å². The SMILES string of the molecule is c1ccc(-c2cccc(N(c3ccc(-c4nc5ccccc5c5c4ccc4c5c5ccccc5n4-c4ccccc4)cc3)c3cccc(-c4ccccc4)c3)c2)cc1. The van der Waals surface area contributed by atoms with Crippen LogP contribution in [-0.2, 0) is 0 Å². The molecule has 0 amide bonds. The van der Waals surface area contributed by atoms with Crippen molar-refractivity contribution in [2.45, 2.75) is 0 Å². The molecule has 0 unspecified atom stereocenters. The maximum absolute atomic E-state index is 5.39. The van der Waals surface area contributed by atoms with Crippen LogP contribution >= 0.6 is 0 Å². The van der Waals surface area contributed by atoms with E-state index in [1.54, 1.807) is 0 Å². The number of fused-ring (bicyclic) bond motifs is 7. The first kappa shape index (κ1) is 33.6. The fraction of sp³-hybridized carbons (Fsp3) is 0. The van der Waals surface area contributed by atoms with E-state index in [-0.39, 0.29) is 0 Å². The summed E-state index contributed by atoms with van der Waals surface area (Å²) < 4.78 is 2.39. The van der Waals surface area contributed by atoms with Crippen molar-refractivity contribution >= 4 is 60.5 Å². The second-order valence-corrected chi connectivity index (χ2v) is 14.8. The Labute approximate surface area is 337 Å². The lowest BCUT2D eigenvalue weighted by Crippen LogP contribution is -2.10. The van der Waals surface area contributed by atoms with Crippen LogP contribution in [-0.4, -0.2) is 9.55 Å². The number of benzene rings is 9. The van der Waals surface area contributed by atoms with Crippen LogP contribution in [0.1, 0.15) is 0 Å². The minimum atomic E-state index is 0.974. The molecule has 3 nitrogen and oxygen atoms in total. The third-order valence-electron chi connectivity index (χ3n) is 11.3. The van der Waals surface area contributed by atoms with Gasteiger partial charge in [-0.2, -0.15) is 0 Å². The number of hydrogen-bond acceptors (Lipinski definition) is 2. The zero-order valence-corrected chi connectivity index (χ0v) is 31.7. The van der Waals surface area contributed by atoms with Crippen LogP contribution in [0.3, 0.4) is 0 Å². The fourth-order valence-electron chi connectivity index (χ4n) is 8.70. The highest BCUT2D eigenvalue weighted by atomic mass is 15.1. The summed E-state index contributed by atoms with van der Waals surface area (Å²) in [6.45, 7) is 0. The Morgan fingerprint density at radius 2 is 0.879 bits per heavy atom. The van der Waals surface area contributed by atoms with Gasteiger partial charge in [0, 0.05) is 55.2 Å². The van der Waals surface area contributed by atoms with Crippen molar-refractivity contribution in [2.24, 2.45) is 0 Å². The Morgan fingerprint density at radius 1 is 0.328 bits per heavy atom. The Morgan fingerprint density at radius 3 is 1.53 bits per heavy atom. The quantitative estimate of drug-likeness (QED) is 0.152. The lowest BCUT2D eigenvalue weighted by Gasteiger charge is -2.27. The van der Waals surface area contributed by atoms with Gasteiger partial charge in [-0.1, -0.05) is 158 Å². The van der Waals surface area contributed by atoms with E-state index in [2.05, 4.69) is 234 Å². The second-order valence-electron chi connectivity index (χ2n) is 14.8. The standard InChI is InChI=1S/C55H37N3/c1-4-16-38(17-5-1)41-20-14-24-45(36-41)57(46-25-15-21-42(37-46)39-18-6-2-7-19-39)44-32-30-40(31-33-44)55-49-34-35-52-54(53(49)47-26-10-12-28-50(47)56-55)48-27-11-13-29-51(48)58(52)43-22-8-3-9-23-43/h1-37H. The van der Waals surface area contributed by atoms with E-state index < -0.39 is 0 Å². The van der Waals surface area contributed by atoms with E-state index in [9.17, 15) is 0 Å². The van der Waals surface area contributed by atoms with Crippen LogP contribution in [0.4, 0.5) is 17.1 Å². The van der Waals surface area contributed by atoms with Gasteiger partial charge in [-0.15, -0.1) is 0 Å². The molecule has 0 fully saturated rings. The normalized spacial score (nSPS) is 11.4. The number of nitrogens with zero attached hydrogens (tertiary/aromatic N) is 3. The predicted molar refractivity (Wildman–Crippen MR) is 245 cm³/mol. The highest BCUT2D eigenvalue weighted by molar-refractivity contribution is 6.29. The molecular weight excluding hydrogens is 703 g/mol. The van der Waals surface area contributed by atoms with Crippen LogP contribution < -0.4 is 4.90 Å². The number of rotatable bonds is 7. The summed E-state index contributed by atoms with van der Waals surface area (Å²) in [6, 6.07) is 80.4. The summed E-state index contributed by atoms with van der Waals surface area (Å²) in [5.41, 5.74) is 14.5. The van der Waals surface area contributed by atoms with Crippen LogP contribution in [0, 0.1) is 0 Å². The molecular formula is C55H37N3. The van der Waals surface area contributed by atoms with Gasteiger partial charge < -0.3 is 9.47 Å². The van der Waals surface area contributed by atoms with Crippen molar-refractivity contribution in [3.63, 3.8) is 0 Å². The third kappa shape index (κ3) is 5.72. The highest BCUT2D eigenvalue weighted by Crippen LogP contribution is 2.44. The van der Waals surface area contributed by atoms with Crippen molar-refractivity contribution in [1.29, 1.82) is 0 Å². The first-order valence-corrected chi connectivity index (χ1v) is 19.8. The molecule has 0 N–H and O–H groups in total. The molecule has 58 heavy (non-hydrogen) atoms. The van der Waals surface area contributed by atoms with Gasteiger partial charge in [0.1, 0.15) is 0 Å². The third-order valence-corrected chi connectivity index (χ3v) is 11.3. The van der Waals surface area contributed by atoms with Gasteiger partial charge in [0.05, 0.1) is 22.2 Å². The van der Waals surface area contributed by atoms with E-state index in [1.807, 2.05) is 0 Å². The summed E-state index contributed by atoms with van der Waals surface area (Å²) >= 11 is 0. The average Bonchev–Trinajstić information content (AvgIpc) is 3.65. The average molecular weight is 740 g/mol. The molecule has 0 radical (unpaired) electrons. The first-order valence-electron chi connectivity index (χ1n) is 19.8. The van der Waals surface area contributed by atoms with Gasteiger partial charge in [-0.05, 0) is 89.0 Å². The summed E-state index contributed by atoms with van der Waals surface area (Å²) in [7, 11) is 0. The molecule has 11 rings (SSSR count). The Bertz CT molecular complexity index is 3180. The minimum Gasteiger partial charge on any atom is -0.310 e. The van der Waals surface area contributed by atoms with Crippen molar-refractivity contribution in [3.05, 3.63) is 224 Å². The molecule has 0 atom stereocenters. The lowest BCUT2D eigenvalue weighted by atomic mass is 9.96. The van der Waals surface area contributed by atoms with Gasteiger partial charge in [-0.25, -0.2) is 4.98 Å². The first-order chi connectivity index (χ1) is 28.8. The molecule has 11 aromatic rings. The van der Waals surface area contributed by atoms with Crippen molar-refractivity contribution in [1.82, 2.24) is 9.55 Å². The van der Waals surface area contributed by atoms with Gasteiger partial charge in [0.2, 0.25) is 0 Å². The summed E-state index contributed by atoms with van der Waals surface area (Å²) in [4.78, 5) is 7.74. The van der Waals surface area contributed by atoms with Crippen LogP contribution in [0.2, 0.25) is 0 Å². The van der Waals surface area contributed by atoms with Crippen molar-refractivity contribution < 1.29 is 0 Å². The van der Waals surface area contributed by atoms with E-state index in [0.717, 1.165) is 50.3 Å². The molecule has 2 heterocycles. The number of hydrogen-bond donors (Lipinski definition) is 0. The highest BCUT2D eigenvalue weighted by Gasteiger charge is 2.20. The van der Waals surface area contributed by atoms with E-state index in [4.69, 9.17) is 4.98 Å². The van der Waals surface area contributed by atoms with Crippen LogP contribution in [0.5, 0.6) is 0 Å². The van der Waals surface area contributed by atoms with E-state index >= 15 is 0 Å². The zero-order chi connectivity index (χ0) is 38.4. The molecule has 0 aliphatic rings. The Kier molecular flexibility index (Phi) is 8.15. The fourth-order valence-corrected chi connectivity index (χ4v) is 8.70. The molecule has 0 saturated carbocycles. The molecule has 272 valence electrons. The molecule has 2 aromatic heterocycles. The van der Waals surface area contributed by atoms with E-state index in [1.165, 1.54) is 49.4 Å². The van der Waals surface area contributed by atoms with Gasteiger partial charge in [-0.3, -0.25) is 0 Å². The van der Waals surface area contributed by atoms with E-state index in [0.29, 0.717) is 0 Å². The topological polar surface area (TPSA) is 21.1 Å². The van der Waals surface area contributed by atoms with Crippen molar-refractivity contribution in [2.75, 3.05) is 4.90 Å². The predicted octanol–water partition coefficient (Wildman–Crippen LogP) is 15.0. The van der Waals surface area contributed by atoms with Gasteiger partial charge in [0.15, 0.2) is 0 Å². The molecule has 0 spiro atoms. The number of para-hydroxylation sites is 3. The molecule has 0 saturated heterocycles. The molecule has 9 aromatic carbocycles. The summed E-state index contributed by atoms with van der Waals surface area (Å²) in [5, 5.41) is 6.00. The van der Waals surface area contributed by atoms with Gasteiger partial charge >= 0.3 is 0 Å². The molecule has 0 aliphatic carbocycles. The minimum absolute atomic E-state index is 0.974.